The number of anilines is 1. The summed E-state index contributed by atoms with van der Waals surface area (Å²) in [6.45, 7) is 7.09. The first-order valence-corrected chi connectivity index (χ1v) is 6.29. The molecule has 0 radical (unpaired) electrons. The van der Waals surface area contributed by atoms with E-state index < -0.39 is 17.7 Å². The van der Waals surface area contributed by atoms with Gasteiger partial charge in [-0.2, -0.15) is 0 Å². The second kappa shape index (κ2) is 5.39. The maximum atomic E-state index is 11.6. The number of aryl methyl sites for hydroxylation is 1. The molecule has 0 spiro atoms. The average molecular weight is 271 g/mol. The molecule has 0 aliphatic carbocycles. The lowest BCUT2D eigenvalue weighted by molar-refractivity contribution is 0.0601. The number of carbonyl (C=O) groups excluding carboxylic acids is 2. The molecule has 6 heteroatoms. The average Bonchev–Trinajstić information content (AvgIpc) is 2.56. The van der Waals surface area contributed by atoms with Gasteiger partial charge in [-0.05, 0) is 38.6 Å². The Bertz CT molecular complexity index is 459. The molecule has 0 bridgehead atoms. The van der Waals surface area contributed by atoms with Crippen molar-refractivity contribution in [1.82, 2.24) is 0 Å². The summed E-state index contributed by atoms with van der Waals surface area (Å²) in [5.74, 6) is -0.472. The number of rotatable bonds is 2. The van der Waals surface area contributed by atoms with Crippen molar-refractivity contribution in [2.75, 3.05) is 12.4 Å². The molecule has 0 atom stereocenters. The van der Waals surface area contributed by atoms with Crippen molar-refractivity contribution in [2.24, 2.45) is 0 Å². The van der Waals surface area contributed by atoms with Crippen LogP contribution in [0.3, 0.4) is 0 Å². The Balaban J connectivity index is 2.86. The first-order chi connectivity index (χ1) is 8.24. The summed E-state index contributed by atoms with van der Waals surface area (Å²) in [5.41, 5.74) is 0.549. The van der Waals surface area contributed by atoms with Gasteiger partial charge in [0.1, 0.15) is 10.6 Å². The monoisotopic (exact) mass is 271 g/mol. The first-order valence-electron chi connectivity index (χ1n) is 5.41. The predicted octanol–water partition coefficient (Wildman–Crippen LogP) is 3.19. The zero-order valence-corrected chi connectivity index (χ0v) is 11.9. The summed E-state index contributed by atoms with van der Waals surface area (Å²) >= 11 is 1.26. The van der Waals surface area contributed by atoms with Gasteiger partial charge in [-0.1, -0.05) is 0 Å². The highest BCUT2D eigenvalue weighted by molar-refractivity contribution is 7.15. The molecular weight excluding hydrogens is 254 g/mol. The summed E-state index contributed by atoms with van der Waals surface area (Å²) in [4.78, 5) is 23.2. The third-order valence-corrected chi connectivity index (χ3v) is 2.99. The van der Waals surface area contributed by atoms with Crippen molar-refractivity contribution in [3.8, 4) is 0 Å². The molecular formula is C12H17NO4S. The lowest BCUT2D eigenvalue weighted by Crippen LogP contribution is -2.27. The molecule has 1 aromatic rings. The fourth-order valence-electron chi connectivity index (χ4n) is 1.29. The SMILES string of the molecule is COC(=O)c1c(C)csc1NC(=O)OC(C)(C)C. The largest absolute Gasteiger partial charge is 0.465 e. The van der Waals surface area contributed by atoms with Gasteiger partial charge >= 0.3 is 12.1 Å². The highest BCUT2D eigenvalue weighted by Crippen LogP contribution is 2.28. The van der Waals surface area contributed by atoms with Gasteiger partial charge in [0, 0.05) is 0 Å². The van der Waals surface area contributed by atoms with Gasteiger partial charge in [-0.3, -0.25) is 5.32 Å². The van der Waals surface area contributed by atoms with Gasteiger partial charge < -0.3 is 9.47 Å². The van der Waals surface area contributed by atoms with E-state index in [-0.39, 0.29) is 0 Å². The van der Waals surface area contributed by atoms with Crippen molar-refractivity contribution < 1.29 is 19.1 Å². The van der Waals surface area contributed by atoms with Gasteiger partial charge in [0.2, 0.25) is 0 Å². The minimum atomic E-state index is -0.588. The molecule has 100 valence electrons. The molecule has 1 amide bonds. The van der Waals surface area contributed by atoms with Crippen molar-refractivity contribution in [3.63, 3.8) is 0 Å². The van der Waals surface area contributed by atoms with E-state index in [0.717, 1.165) is 5.56 Å². The van der Waals surface area contributed by atoms with Crippen LogP contribution in [0.25, 0.3) is 0 Å². The summed E-state index contributed by atoms with van der Waals surface area (Å²) in [6, 6.07) is 0. The van der Waals surface area contributed by atoms with Crippen LogP contribution in [0.4, 0.5) is 9.80 Å². The van der Waals surface area contributed by atoms with Gasteiger partial charge in [0.15, 0.2) is 0 Å². The smallest absolute Gasteiger partial charge is 0.412 e. The van der Waals surface area contributed by atoms with Crippen LogP contribution in [-0.2, 0) is 9.47 Å². The van der Waals surface area contributed by atoms with Crippen LogP contribution in [-0.4, -0.2) is 24.8 Å². The summed E-state index contributed by atoms with van der Waals surface area (Å²) in [7, 11) is 1.30. The fourth-order valence-corrected chi connectivity index (χ4v) is 2.21. The minimum absolute atomic E-state index is 0.369. The zero-order chi connectivity index (χ0) is 13.9. The van der Waals surface area contributed by atoms with Crippen LogP contribution in [0.5, 0.6) is 0 Å². The van der Waals surface area contributed by atoms with Crippen LogP contribution in [0.15, 0.2) is 5.38 Å². The molecule has 1 N–H and O–H groups in total. The first kappa shape index (κ1) is 14.5. The Morgan fingerprint density at radius 2 is 1.94 bits per heavy atom. The van der Waals surface area contributed by atoms with Gasteiger partial charge in [-0.15, -0.1) is 11.3 Å². The Labute approximate surface area is 110 Å². The maximum absolute atomic E-state index is 11.6. The molecule has 0 saturated carbocycles. The zero-order valence-electron chi connectivity index (χ0n) is 11.1. The highest BCUT2D eigenvalue weighted by Gasteiger charge is 2.22. The summed E-state index contributed by atoms with van der Waals surface area (Å²) in [5, 5.41) is 4.77. The summed E-state index contributed by atoms with van der Waals surface area (Å²) < 4.78 is 9.80. The molecule has 0 aliphatic heterocycles. The number of methoxy groups -OCH3 is 1. The van der Waals surface area contributed by atoms with E-state index in [0.29, 0.717) is 10.6 Å². The van der Waals surface area contributed by atoms with Crippen LogP contribution >= 0.6 is 11.3 Å². The van der Waals surface area contributed by atoms with E-state index in [1.807, 2.05) is 0 Å². The number of nitrogens with one attached hydrogen (secondary N) is 1. The van der Waals surface area contributed by atoms with Crippen molar-refractivity contribution in [1.29, 1.82) is 0 Å². The van der Waals surface area contributed by atoms with E-state index in [9.17, 15) is 9.59 Å². The number of hydrogen-bond acceptors (Lipinski definition) is 5. The number of carbonyl (C=O) groups is 2. The fraction of sp³-hybridized carbons (Fsp3) is 0.500. The minimum Gasteiger partial charge on any atom is -0.465 e. The summed E-state index contributed by atoms with van der Waals surface area (Å²) in [6.07, 6.45) is -0.588. The number of thiophene rings is 1. The van der Waals surface area contributed by atoms with Crippen LogP contribution in [0, 0.1) is 6.92 Å². The number of amides is 1. The molecule has 5 nitrogen and oxygen atoms in total. The van der Waals surface area contributed by atoms with Gasteiger partial charge in [0.25, 0.3) is 0 Å². The van der Waals surface area contributed by atoms with E-state index in [1.54, 1.807) is 33.1 Å². The molecule has 1 rings (SSSR count). The predicted molar refractivity (Wildman–Crippen MR) is 70.3 cm³/mol. The van der Waals surface area contributed by atoms with Crippen molar-refractivity contribution in [3.05, 3.63) is 16.5 Å². The lowest BCUT2D eigenvalue weighted by atomic mass is 10.2. The Kier molecular flexibility index (Phi) is 4.34. The number of hydrogen-bond donors (Lipinski definition) is 1. The molecule has 0 unspecified atom stereocenters. The topological polar surface area (TPSA) is 64.6 Å². The van der Waals surface area contributed by atoms with Crippen LogP contribution in [0.1, 0.15) is 36.7 Å². The second-order valence-electron chi connectivity index (χ2n) is 4.74. The van der Waals surface area contributed by atoms with Gasteiger partial charge in [0.05, 0.1) is 12.7 Å². The van der Waals surface area contributed by atoms with Crippen LogP contribution < -0.4 is 5.32 Å². The Hall–Kier alpha value is -1.56. The van der Waals surface area contributed by atoms with E-state index in [4.69, 9.17) is 4.74 Å². The third kappa shape index (κ3) is 3.73. The van der Waals surface area contributed by atoms with Crippen molar-refractivity contribution in [2.45, 2.75) is 33.3 Å². The molecule has 0 aliphatic rings. The van der Waals surface area contributed by atoms with Gasteiger partial charge in [-0.25, -0.2) is 9.59 Å². The second-order valence-corrected chi connectivity index (χ2v) is 5.62. The normalized spacial score (nSPS) is 10.9. The van der Waals surface area contributed by atoms with E-state index >= 15 is 0 Å². The molecule has 0 fully saturated rings. The van der Waals surface area contributed by atoms with Crippen molar-refractivity contribution >= 4 is 28.4 Å². The lowest BCUT2D eigenvalue weighted by Gasteiger charge is -2.19. The third-order valence-electron chi connectivity index (χ3n) is 1.98. The molecule has 1 heterocycles. The number of ether oxygens (including phenoxy) is 2. The quantitative estimate of drug-likeness (QED) is 0.839. The Morgan fingerprint density at radius 1 is 1.33 bits per heavy atom. The number of esters is 1. The maximum Gasteiger partial charge on any atom is 0.412 e. The van der Waals surface area contributed by atoms with E-state index in [2.05, 4.69) is 10.1 Å². The van der Waals surface area contributed by atoms with Crippen LogP contribution in [0.2, 0.25) is 0 Å². The van der Waals surface area contributed by atoms with E-state index in [1.165, 1.54) is 18.4 Å². The highest BCUT2D eigenvalue weighted by atomic mass is 32.1. The molecule has 1 aromatic heterocycles. The molecule has 0 aromatic carbocycles. The Morgan fingerprint density at radius 3 is 2.44 bits per heavy atom. The standard InChI is InChI=1S/C12H17NO4S/c1-7-6-18-9(8(7)10(14)16-5)13-11(15)17-12(2,3)4/h6H,1-5H3,(H,13,15). The molecule has 18 heavy (non-hydrogen) atoms. The molecule has 0 saturated heterocycles.